The highest BCUT2D eigenvalue weighted by Crippen LogP contribution is 2.29. The van der Waals surface area contributed by atoms with Crippen molar-refractivity contribution in [3.63, 3.8) is 0 Å². The second-order valence-corrected chi connectivity index (χ2v) is 5.36. The van der Waals surface area contributed by atoms with Crippen molar-refractivity contribution in [3.05, 3.63) is 28.8 Å². The average molecular weight is 228 g/mol. The van der Waals surface area contributed by atoms with Gasteiger partial charge in [0.15, 0.2) is 0 Å². The first-order valence-corrected chi connectivity index (χ1v) is 6.40. The lowest BCUT2D eigenvalue weighted by Crippen LogP contribution is -2.04. The van der Waals surface area contributed by atoms with Crippen LogP contribution >= 0.6 is 23.4 Å². The first kappa shape index (κ1) is 10.2. The Morgan fingerprint density at radius 2 is 2.36 bits per heavy atom. The van der Waals surface area contributed by atoms with Crippen LogP contribution in [0.15, 0.2) is 18.2 Å². The molecule has 1 aromatic rings. The maximum atomic E-state index is 5.91. The molecule has 76 valence electrons. The molecule has 1 saturated heterocycles. The Labute approximate surface area is 94.0 Å². The van der Waals surface area contributed by atoms with Crippen LogP contribution in [0.4, 0.5) is 5.69 Å². The molecule has 1 nitrogen and oxygen atoms in total. The number of hydrogen-bond acceptors (Lipinski definition) is 2. The van der Waals surface area contributed by atoms with Gasteiger partial charge in [-0.25, -0.2) is 0 Å². The maximum Gasteiger partial charge on any atom is 0.0426 e. The summed E-state index contributed by atoms with van der Waals surface area (Å²) in [5, 5.41) is 0.729. The minimum atomic E-state index is 0.729. The average Bonchev–Trinajstić information content (AvgIpc) is 2.62. The third-order valence-corrected chi connectivity index (χ3v) is 4.11. The summed E-state index contributed by atoms with van der Waals surface area (Å²) in [5.41, 5.74) is 8.00. The molecule has 1 fully saturated rings. The Morgan fingerprint density at radius 3 is 3.00 bits per heavy atom. The molecule has 0 spiro atoms. The lowest BCUT2D eigenvalue weighted by atomic mass is 9.98. The monoisotopic (exact) mass is 227 g/mol. The summed E-state index contributed by atoms with van der Waals surface area (Å²) in [6.07, 6.45) is 2.43. The molecular formula is C11H14ClNS. The minimum Gasteiger partial charge on any atom is -0.398 e. The molecular weight excluding hydrogens is 214 g/mol. The van der Waals surface area contributed by atoms with Gasteiger partial charge in [-0.05, 0) is 48.0 Å². The number of hydrogen-bond donors (Lipinski definition) is 1. The second kappa shape index (κ2) is 4.45. The van der Waals surface area contributed by atoms with Crippen molar-refractivity contribution in [2.45, 2.75) is 12.8 Å². The molecule has 1 aliphatic heterocycles. The van der Waals surface area contributed by atoms with Crippen molar-refractivity contribution in [2.24, 2.45) is 5.92 Å². The number of rotatable bonds is 2. The van der Waals surface area contributed by atoms with E-state index in [-0.39, 0.29) is 0 Å². The largest absolute Gasteiger partial charge is 0.398 e. The fourth-order valence-electron chi connectivity index (χ4n) is 1.81. The fourth-order valence-corrected chi connectivity index (χ4v) is 3.27. The van der Waals surface area contributed by atoms with Gasteiger partial charge in [0.25, 0.3) is 0 Å². The summed E-state index contributed by atoms with van der Waals surface area (Å²) in [6.45, 7) is 0. The first-order valence-electron chi connectivity index (χ1n) is 4.87. The van der Waals surface area contributed by atoms with Crippen molar-refractivity contribution >= 4 is 29.1 Å². The van der Waals surface area contributed by atoms with E-state index >= 15 is 0 Å². The molecule has 1 heterocycles. The quantitative estimate of drug-likeness (QED) is 0.786. The van der Waals surface area contributed by atoms with Crippen molar-refractivity contribution in [1.29, 1.82) is 0 Å². The van der Waals surface area contributed by atoms with Gasteiger partial charge in [-0.3, -0.25) is 0 Å². The summed E-state index contributed by atoms with van der Waals surface area (Å²) < 4.78 is 0. The van der Waals surface area contributed by atoms with Crippen LogP contribution in [-0.2, 0) is 6.42 Å². The molecule has 2 N–H and O–H groups in total. The Hall–Kier alpha value is -0.340. The predicted molar refractivity (Wildman–Crippen MR) is 65.0 cm³/mol. The third-order valence-electron chi connectivity index (χ3n) is 2.64. The van der Waals surface area contributed by atoms with E-state index in [0.29, 0.717) is 0 Å². The number of halogens is 1. The Bertz CT molecular complexity index is 321. The van der Waals surface area contributed by atoms with Crippen LogP contribution in [-0.4, -0.2) is 11.5 Å². The maximum absolute atomic E-state index is 5.91. The van der Waals surface area contributed by atoms with E-state index in [1.807, 2.05) is 23.9 Å². The van der Waals surface area contributed by atoms with Gasteiger partial charge in [-0.2, -0.15) is 11.8 Å². The molecule has 1 aliphatic rings. The van der Waals surface area contributed by atoms with Gasteiger partial charge in [0.1, 0.15) is 0 Å². The summed E-state index contributed by atoms with van der Waals surface area (Å²) in [4.78, 5) is 0. The van der Waals surface area contributed by atoms with Crippen LogP contribution in [0.1, 0.15) is 12.0 Å². The van der Waals surface area contributed by atoms with E-state index in [2.05, 4.69) is 6.07 Å². The third kappa shape index (κ3) is 2.37. The van der Waals surface area contributed by atoms with Gasteiger partial charge in [0.2, 0.25) is 0 Å². The predicted octanol–water partition coefficient (Wildman–Crippen LogP) is 3.22. The summed E-state index contributed by atoms with van der Waals surface area (Å²) in [7, 11) is 0. The van der Waals surface area contributed by atoms with Crippen LogP contribution in [0.25, 0.3) is 0 Å². The highest BCUT2D eigenvalue weighted by Gasteiger charge is 2.16. The standard InChI is InChI=1S/C11H14ClNS/c12-10-2-1-9(11(13)6-10)5-8-3-4-14-7-8/h1-2,6,8H,3-5,7,13H2. The zero-order valence-electron chi connectivity index (χ0n) is 8.00. The van der Waals surface area contributed by atoms with Gasteiger partial charge in [0, 0.05) is 10.7 Å². The van der Waals surface area contributed by atoms with Crippen LogP contribution < -0.4 is 5.73 Å². The Kier molecular flexibility index (Phi) is 3.24. The lowest BCUT2D eigenvalue weighted by molar-refractivity contribution is 0.597. The number of thioether (sulfide) groups is 1. The van der Waals surface area contributed by atoms with Crippen LogP contribution in [0.2, 0.25) is 5.02 Å². The van der Waals surface area contributed by atoms with Crippen molar-refractivity contribution in [3.8, 4) is 0 Å². The Balaban J connectivity index is 2.08. The van der Waals surface area contributed by atoms with Gasteiger partial charge in [-0.15, -0.1) is 0 Å². The minimum absolute atomic E-state index is 0.729. The first-order chi connectivity index (χ1) is 6.75. The zero-order valence-corrected chi connectivity index (χ0v) is 9.57. The lowest BCUT2D eigenvalue weighted by Gasteiger charge is -2.10. The number of nitrogens with two attached hydrogens (primary N) is 1. The molecule has 0 aliphatic carbocycles. The zero-order chi connectivity index (χ0) is 9.97. The van der Waals surface area contributed by atoms with Gasteiger partial charge in [-0.1, -0.05) is 17.7 Å². The van der Waals surface area contributed by atoms with E-state index in [9.17, 15) is 0 Å². The summed E-state index contributed by atoms with van der Waals surface area (Å²) >= 11 is 7.89. The van der Waals surface area contributed by atoms with Crippen LogP contribution in [0.5, 0.6) is 0 Å². The van der Waals surface area contributed by atoms with Crippen LogP contribution in [0, 0.1) is 5.92 Å². The van der Waals surface area contributed by atoms with Gasteiger partial charge < -0.3 is 5.73 Å². The molecule has 0 saturated carbocycles. The molecule has 14 heavy (non-hydrogen) atoms. The molecule has 0 radical (unpaired) electrons. The summed E-state index contributed by atoms with van der Waals surface area (Å²) in [6, 6.07) is 5.83. The molecule has 1 aromatic carbocycles. The van der Waals surface area contributed by atoms with E-state index < -0.39 is 0 Å². The normalized spacial score (nSPS) is 21.4. The number of anilines is 1. The van der Waals surface area contributed by atoms with E-state index in [1.54, 1.807) is 0 Å². The molecule has 1 unspecified atom stereocenters. The number of benzene rings is 1. The van der Waals surface area contributed by atoms with E-state index in [0.717, 1.165) is 23.0 Å². The highest BCUT2D eigenvalue weighted by atomic mass is 35.5. The van der Waals surface area contributed by atoms with Crippen molar-refractivity contribution < 1.29 is 0 Å². The second-order valence-electron chi connectivity index (χ2n) is 3.78. The number of nitrogen functional groups attached to an aromatic ring is 1. The van der Waals surface area contributed by atoms with Gasteiger partial charge in [0.05, 0.1) is 0 Å². The molecule has 2 rings (SSSR count). The Morgan fingerprint density at radius 1 is 1.50 bits per heavy atom. The van der Waals surface area contributed by atoms with Crippen molar-refractivity contribution in [2.75, 3.05) is 17.2 Å². The molecule has 0 amide bonds. The highest BCUT2D eigenvalue weighted by molar-refractivity contribution is 7.99. The smallest absolute Gasteiger partial charge is 0.0426 e. The van der Waals surface area contributed by atoms with Gasteiger partial charge >= 0.3 is 0 Å². The fraction of sp³-hybridized carbons (Fsp3) is 0.455. The summed E-state index contributed by atoms with van der Waals surface area (Å²) in [5.74, 6) is 3.39. The van der Waals surface area contributed by atoms with E-state index in [4.69, 9.17) is 17.3 Å². The SMILES string of the molecule is Nc1cc(Cl)ccc1CC1CCSC1. The van der Waals surface area contributed by atoms with Crippen LogP contribution in [0.3, 0.4) is 0 Å². The molecule has 0 bridgehead atoms. The van der Waals surface area contributed by atoms with E-state index in [1.165, 1.54) is 23.5 Å². The molecule has 3 heteroatoms. The van der Waals surface area contributed by atoms with Crippen molar-refractivity contribution in [1.82, 2.24) is 0 Å². The topological polar surface area (TPSA) is 26.0 Å². The molecule has 1 atom stereocenters. The molecule has 0 aromatic heterocycles.